The fraction of sp³-hybridized carbons (Fsp3) is 0.435. The molecular weight excluding hydrogens is 496 g/mol. The minimum absolute atomic E-state index is 0.0446. The number of aromatic nitrogens is 1. The van der Waals surface area contributed by atoms with Crippen LogP contribution in [0.15, 0.2) is 29.4 Å². The molecule has 1 aliphatic carbocycles. The van der Waals surface area contributed by atoms with E-state index in [0.29, 0.717) is 6.42 Å². The average Bonchev–Trinajstić information content (AvgIpc) is 3.50. The molecule has 188 valence electrons. The van der Waals surface area contributed by atoms with Gasteiger partial charge in [0.2, 0.25) is 0 Å². The topological polar surface area (TPSA) is 77.6 Å². The maximum Gasteiger partial charge on any atom is 0.422 e. The van der Waals surface area contributed by atoms with E-state index >= 15 is 0 Å². The van der Waals surface area contributed by atoms with Crippen molar-refractivity contribution in [3.8, 4) is 5.75 Å². The molecule has 1 fully saturated rings. The summed E-state index contributed by atoms with van der Waals surface area (Å²) in [6.45, 7) is 0.841. The van der Waals surface area contributed by atoms with Crippen molar-refractivity contribution in [2.45, 2.75) is 43.2 Å². The van der Waals surface area contributed by atoms with Crippen molar-refractivity contribution in [3.63, 3.8) is 0 Å². The molecule has 2 N–H and O–H groups in total. The Balaban J connectivity index is 1.60. The number of aryl methyl sites for hydroxylation is 1. The van der Waals surface area contributed by atoms with Crippen molar-refractivity contribution in [2.75, 3.05) is 13.3 Å². The van der Waals surface area contributed by atoms with Gasteiger partial charge in [-0.15, -0.1) is 0 Å². The van der Waals surface area contributed by atoms with E-state index in [9.17, 15) is 31.1 Å². The van der Waals surface area contributed by atoms with Crippen LogP contribution in [0, 0.1) is 24.5 Å². The maximum absolute atomic E-state index is 14.9. The predicted octanol–water partition coefficient (Wildman–Crippen LogP) is 5.04. The van der Waals surface area contributed by atoms with Crippen molar-refractivity contribution in [1.82, 2.24) is 4.98 Å². The number of pyridine rings is 1. The summed E-state index contributed by atoms with van der Waals surface area (Å²) in [5, 5.41) is 0.0767. The van der Waals surface area contributed by atoms with Gasteiger partial charge in [-0.05, 0) is 49.6 Å². The molecule has 0 spiro atoms. The number of amidine groups is 1. The fourth-order valence-electron chi connectivity index (χ4n) is 4.54. The lowest BCUT2D eigenvalue weighted by Gasteiger charge is -2.33. The summed E-state index contributed by atoms with van der Waals surface area (Å²) in [5.41, 5.74) is 4.81. The number of aliphatic imine (C=N–C) groups is 1. The van der Waals surface area contributed by atoms with Crippen LogP contribution in [0.1, 0.15) is 40.5 Å². The van der Waals surface area contributed by atoms with Crippen LogP contribution in [0.4, 0.5) is 26.3 Å². The van der Waals surface area contributed by atoms with Gasteiger partial charge in [-0.25, -0.2) is 18.2 Å². The molecule has 5 nitrogen and oxygen atoms in total. The molecule has 12 heteroatoms. The fourth-order valence-corrected chi connectivity index (χ4v) is 5.87. The molecule has 1 aromatic heterocycles. The average molecular weight is 517 g/mol. The Morgan fingerprint density at radius 2 is 2.00 bits per heavy atom. The summed E-state index contributed by atoms with van der Waals surface area (Å²) < 4.78 is 84.0. The van der Waals surface area contributed by atoms with Gasteiger partial charge >= 0.3 is 6.18 Å². The number of fused-ring (bicyclic) bond motifs is 1. The highest BCUT2D eigenvalue weighted by Gasteiger charge is 2.66. The van der Waals surface area contributed by atoms with E-state index < -0.39 is 53.1 Å². The Morgan fingerprint density at radius 3 is 2.63 bits per heavy atom. The number of ether oxygens (including phenoxy) is 1. The van der Waals surface area contributed by atoms with Crippen molar-refractivity contribution >= 4 is 22.7 Å². The lowest BCUT2D eigenvalue weighted by atomic mass is 9.84. The van der Waals surface area contributed by atoms with Gasteiger partial charge in [0.25, 0.3) is 0 Å². The molecular formula is C23H21F6N3O2S. The van der Waals surface area contributed by atoms with E-state index in [1.165, 1.54) is 19.1 Å². The van der Waals surface area contributed by atoms with E-state index in [0.717, 1.165) is 24.0 Å². The van der Waals surface area contributed by atoms with Crippen LogP contribution < -0.4 is 10.5 Å². The molecule has 0 bridgehead atoms. The van der Waals surface area contributed by atoms with E-state index in [2.05, 4.69) is 14.7 Å². The van der Waals surface area contributed by atoms with Gasteiger partial charge in [0.1, 0.15) is 18.1 Å². The number of thioether (sulfide) groups is 1. The smallest absolute Gasteiger partial charge is 0.422 e. The number of nitrogens with zero attached hydrogens (tertiary/aromatic N) is 2. The molecule has 2 aromatic rings. The highest BCUT2D eigenvalue weighted by Crippen LogP contribution is 2.66. The molecule has 0 amide bonds. The monoisotopic (exact) mass is 517 g/mol. The van der Waals surface area contributed by atoms with Crippen molar-refractivity contribution < 1.29 is 35.9 Å². The number of benzene rings is 1. The van der Waals surface area contributed by atoms with Gasteiger partial charge in [0.05, 0.1) is 16.5 Å². The normalized spacial score (nSPS) is 25.6. The van der Waals surface area contributed by atoms with Gasteiger partial charge in [0, 0.05) is 17.9 Å². The van der Waals surface area contributed by atoms with Crippen molar-refractivity contribution in [1.29, 1.82) is 0 Å². The summed E-state index contributed by atoms with van der Waals surface area (Å²) in [5.74, 6) is -3.45. The number of alkyl halides is 4. The lowest BCUT2D eigenvalue weighted by Crippen LogP contribution is -2.37. The minimum Gasteiger partial charge on any atom is -0.482 e. The van der Waals surface area contributed by atoms with Crippen LogP contribution in [0.2, 0.25) is 0 Å². The van der Waals surface area contributed by atoms with Crippen LogP contribution in [0.3, 0.4) is 0 Å². The van der Waals surface area contributed by atoms with Crippen LogP contribution in [-0.4, -0.2) is 40.1 Å². The predicted molar refractivity (Wildman–Crippen MR) is 118 cm³/mol. The third kappa shape index (κ3) is 4.85. The zero-order chi connectivity index (χ0) is 25.8. The SMILES string of the molecule is Cc1cc(OCC(F)(F)F)cnc1C(=O)Cc1cc(F)c(F)c([C@@]2(C)N=C(N)S[C@@]3(CF)C[C@H]32)c1. The van der Waals surface area contributed by atoms with Gasteiger partial charge < -0.3 is 10.5 Å². The maximum atomic E-state index is 14.9. The zero-order valence-corrected chi connectivity index (χ0v) is 19.5. The Hall–Kier alpha value is -2.76. The molecule has 3 atom stereocenters. The Morgan fingerprint density at radius 1 is 1.29 bits per heavy atom. The second-order valence-electron chi connectivity index (χ2n) is 8.93. The first kappa shape index (κ1) is 25.3. The van der Waals surface area contributed by atoms with Gasteiger partial charge in [-0.3, -0.25) is 9.79 Å². The van der Waals surface area contributed by atoms with Crippen molar-refractivity contribution in [3.05, 3.63) is 58.4 Å². The van der Waals surface area contributed by atoms with Gasteiger partial charge in [-0.2, -0.15) is 13.2 Å². The van der Waals surface area contributed by atoms with Gasteiger partial charge in [-0.1, -0.05) is 11.8 Å². The first-order valence-corrected chi connectivity index (χ1v) is 11.4. The van der Waals surface area contributed by atoms with Crippen molar-refractivity contribution in [2.24, 2.45) is 16.6 Å². The molecule has 4 rings (SSSR count). The summed E-state index contributed by atoms with van der Waals surface area (Å²) in [6, 6.07) is 3.45. The molecule has 0 radical (unpaired) electrons. The number of Topliss-reactive ketones (excluding diaryl/α,β-unsaturated/α-hetero) is 1. The summed E-state index contributed by atoms with van der Waals surface area (Å²) >= 11 is 1.09. The second-order valence-corrected chi connectivity index (χ2v) is 10.4. The van der Waals surface area contributed by atoms with E-state index in [1.807, 2.05) is 0 Å². The lowest BCUT2D eigenvalue weighted by molar-refractivity contribution is -0.153. The largest absolute Gasteiger partial charge is 0.482 e. The Labute approximate surface area is 201 Å². The molecule has 2 aliphatic rings. The Bertz CT molecular complexity index is 1220. The number of hydrogen-bond donors (Lipinski definition) is 1. The molecule has 1 saturated carbocycles. The van der Waals surface area contributed by atoms with Crippen LogP contribution >= 0.6 is 11.8 Å². The standard InChI is InChI=1S/C23H21F6N3O2S/c1-11-3-13(34-10-23(27,28)29)8-31-19(11)16(33)6-12-4-14(18(26)15(25)5-12)21(2)17-7-22(17,9-24)35-20(30)32-21/h3-5,8,17H,6-7,9-10H2,1-2H3,(H2,30,32)/t17-,21+,22+/m0/s1. The van der Waals surface area contributed by atoms with E-state index in [4.69, 9.17) is 5.73 Å². The van der Waals surface area contributed by atoms with E-state index in [-0.39, 0.29) is 39.7 Å². The summed E-state index contributed by atoms with van der Waals surface area (Å²) in [4.78, 5) is 21.1. The molecule has 0 saturated heterocycles. The highest BCUT2D eigenvalue weighted by molar-refractivity contribution is 8.15. The minimum atomic E-state index is -4.53. The number of nitrogens with two attached hydrogens (primary N) is 1. The second kappa shape index (κ2) is 8.72. The van der Waals surface area contributed by atoms with E-state index in [1.54, 1.807) is 6.92 Å². The van der Waals surface area contributed by atoms with Crippen LogP contribution in [0.25, 0.3) is 0 Å². The number of halogens is 6. The number of hydrogen-bond acceptors (Lipinski definition) is 6. The Kier molecular flexibility index (Phi) is 6.31. The number of ketones is 1. The molecule has 35 heavy (non-hydrogen) atoms. The van der Waals surface area contributed by atoms with Crippen LogP contribution in [-0.2, 0) is 12.0 Å². The first-order chi connectivity index (χ1) is 16.3. The number of rotatable bonds is 7. The summed E-state index contributed by atoms with van der Waals surface area (Å²) in [6.07, 6.45) is -3.50. The molecule has 1 aliphatic heterocycles. The quantitative estimate of drug-likeness (QED) is 0.411. The third-order valence-corrected chi connectivity index (χ3v) is 7.56. The molecule has 0 unspecified atom stereocenters. The highest BCUT2D eigenvalue weighted by atomic mass is 32.2. The third-order valence-electron chi connectivity index (χ3n) is 6.30. The molecule has 2 heterocycles. The van der Waals surface area contributed by atoms with Gasteiger partial charge in [0.15, 0.2) is 29.2 Å². The zero-order valence-electron chi connectivity index (χ0n) is 18.7. The van der Waals surface area contributed by atoms with Crippen LogP contribution in [0.5, 0.6) is 5.75 Å². The summed E-state index contributed by atoms with van der Waals surface area (Å²) in [7, 11) is 0. The number of carbonyl (C=O) groups is 1. The first-order valence-electron chi connectivity index (χ1n) is 10.6. The number of carbonyl (C=O) groups excluding carboxylic acids is 1. The molecule has 1 aromatic carbocycles.